The van der Waals surface area contributed by atoms with Crippen molar-refractivity contribution in [3.8, 4) is 0 Å². The molecule has 0 bridgehead atoms. The molecule has 0 saturated carbocycles. The largest absolute Gasteiger partial charge is 0.306 e. The Kier molecular flexibility index (Phi) is 3.95. The first-order chi connectivity index (χ1) is 7.90. The Balaban J connectivity index is 1.92. The second-order valence-corrected chi connectivity index (χ2v) is 4.26. The van der Waals surface area contributed by atoms with Gasteiger partial charge in [-0.3, -0.25) is 0 Å². The van der Waals surface area contributed by atoms with Gasteiger partial charge in [-0.2, -0.15) is 0 Å². The molecule has 2 rings (SSSR count). The average molecular weight is 213 g/mol. The standard InChI is InChI=1S/C15H19N/c1-2-14-10-6-7-11-15(14)16-12-13-8-4-3-5-9-13/h2-5,8-10,15-16H,1,6-7,11-12H2/t15-/m0/s1. The minimum atomic E-state index is 0.492. The summed E-state index contributed by atoms with van der Waals surface area (Å²) >= 11 is 0. The summed E-state index contributed by atoms with van der Waals surface area (Å²) in [5, 5.41) is 3.60. The van der Waals surface area contributed by atoms with Crippen molar-refractivity contribution in [1.29, 1.82) is 0 Å². The Bertz CT molecular complexity index is 364. The molecule has 1 heteroatoms. The van der Waals surface area contributed by atoms with E-state index in [1.807, 2.05) is 6.08 Å². The van der Waals surface area contributed by atoms with Crippen molar-refractivity contribution in [2.75, 3.05) is 0 Å². The molecule has 0 spiro atoms. The first kappa shape index (κ1) is 11.2. The fraction of sp³-hybridized carbons (Fsp3) is 0.333. The molecule has 1 aliphatic rings. The molecule has 0 saturated heterocycles. The van der Waals surface area contributed by atoms with E-state index in [-0.39, 0.29) is 0 Å². The van der Waals surface area contributed by atoms with Crippen molar-refractivity contribution in [1.82, 2.24) is 5.32 Å². The first-order valence-corrected chi connectivity index (χ1v) is 6.00. The lowest BCUT2D eigenvalue weighted by molar-refractivity contribution is 0.507. The van der Waals surface area contributed by atoms with Gasteiger partial charge in [-0.15, -0.1) is 0 Å². The molecule has 1 N–H and O–H groups in total. The third-order valence-corrected chi connectivity index (χ3v) is 3.11. The molecule has 16 heavy (non-hydrogen) atoms. The second kappa shape index (κ2) is 5.66. The number of benzene rings is 1. The van der Waals surface area contributed by atoms with E-state index in [9.17, 15) is 0 Å². The van der Waals surface area contributed by atoms with Gasteiger partial charge in [-0.1, -0.05) is 49.1 Å². The molecule has 0 aromatic heterocycles. The van der Waals surface area contributed by atoms with Gasteiger partial charge in [0.25, 0.3) is 0 Å². The van der Waals surface area contributed by atoms with Crippen molar-refractivity contribution >= 4 is 0 Å². The van der Waals surface area contributed by atoms with Gasteiger partial charge in [0.15, 0.2) is 0 Å². The molecule has 1 aromatic carbocycles. The predicted molar refractivity (Wildman–Crippen MR) is 69.2 cm³/mol. The zero-order valence-corrected chi connectivity index (χ0v) is 9.65. The van der Waals surface area contributed by atoms with E-state index in [4.69, 9.17) is 0 Å². The van der Waals surface area contributed by atoms with Crippen LogP contribution >= 0.6 is 0 Å². The number of hydrogen-bond donors (Lipinski definition) is 1. The summed E-state index contributed by atoms with van der Waals surface area (Å²) in [6, 6.07) is 11.0. The fourth-order valence-electron chi connectivity index (χ4n) is 2.18. The summed E-state index contributed by atoms with van der Waals surface area (Å²) in [6.07, 6.45) is 8.00. The Morgan fingerprint density at radius 1 is 1.31 bits per heavy atom. The number of nitrogens with one attached hydrogen (secondary N) is 1. The summed E-state index contributed by atoms with van der Waals surface area (Å²) in [5.41, 5.74) is 2.71. The number of hydrogen-bond acceptors (Lipinski definition) is 1. The highest BCUT2D eigenvalue weighted by Gasteiger charge is 2.14. The topological polar surface area (TPSA) is 12.0 Å². The van der Waals surface area contributed by atoms with Crippen LogP contribution in [-0.2, 0) is 6.54 Å². The van der Waals surface area contributed by atoms with Crippen molar-refractivity contribution < 1.29 is 0 Å². The van der Waals surface area contributed by atoms with Gasteiger partial charge in [-0.05, 0) is 30.4 Å². The highest BCUT2D eigenvalue weighted by molar-refractivity contribution is 5.25. The monoisotopic (exact) mass is 213 g/mol. The third-order valence-electron chi connectivity index (χ3n) is 3.11. The average Bonchev–Trinajstić information content (AvgIpc) is 2.38. The van der Waals surface area contributed by atoms with Crippen LogP contribution in [-0.4, -0.2) is 6.04 Å². The third kappa shape index (κ3) is 2.83. The maximum Gasteiger partial charge on any atom is 0.0319 e. The Hall–Kier alpha value is -1.34. The second-order valence-electron chi connectivity index (χ2n) is 4.26. The highest BCUT2D eigenvalue weighted by Crippen LogP contribution is 2.19. The molecule has 0 unspecified atom stereocenters. The molecular formula is C15H19N. The van der Waals surface area contributed by atoms with Gasteiger partial charge < -0.3 is 5.32 Å². The van der Waals surface area contributed by atoms with Crippen LogP contribution in [0, 0.1) is 0 Å². The van der Waals surface area contributed by atoms with Gasteiger partial charge in [-0.25, -0.2) is 0 Å². The van der Waals surface area contributed by atoms with Gasteiger partial charge >= 0.3 is 0 Å². The molecule has 0 heterocycles. The fourth-order valence-corrected chi connectivity index (χ4v) is 2.18. The molecule has 0 amide bonds. The van der Waals surface area contributed by atoms with Gasteiger partial charge in [0.1, 0.15) is 0 Å². The summed E-state index contributed by atoms with van der Waals surface area (Å²) in [4.78, 5) is 0. The summed E-state index contributed by atoms with van der Waals surface area (Å²) in [6.45, 7) is 4.82. The maximum atomic E-state index is 3.88. The van der Waals surface area contributed by atoms with E-state index >= 15 is 0 Å². The minimum Gasteiger partial charge on any atom is -0.306 e. The van der Waals surface area contributed by atoms with E-state index in [1.54, 1.807) is 0 Å². The van der Waals surface area contributed by atoms with Crippen LogP contribution < -0.4 is 5.32 Å². The normalized spacial score (nSPS) is 20.2. The molecular weight excluding hydrogens is 194 g/mol. The lowest BCUT2D eigenvalue weighted by Gasteiger charge is -2.23. The van der Waals surface area contributed by atoms with E-state index in [0.717, 1.165) is 6.54 Å². The molecule has 0 fully saturated rings. The molecule has 1 atom stereocenters. The molecule has 0 aliphatic heterocycles. The van der Waals surface area contributed by atoms with Crippen LogP contribution in [0.1, 0.15) is 24.8 Å². The van der Waals surface area contributed by atoms with E-state index in [2.05, 4.69) is 48.3 Å². The smallest absolute Gasteiger partial charge is 0.0319 e. The highest BCUT2D eigenvalue weighted by atomic mass is 14.9. The number of rotatable bonds is 4. The molecule has 1 aliphatic carbocycles. The zero-order chi connectivity index (χ0) is 11.2. The van der Waals surface area contributed by atoms with E-state index in [0.29, 0.717) is 6.04 Å². The van der Waals surface area contributed by atoms with E-state index < -0.39 is 0 Å². The molecule has 1 nitrogen and oxygen atoms in total. The maximum absolute atomic E-state index is 3.88. The van der Waals surface area contributed by atoms with Crippen LogP contribution in [0.15, 0.2) is 54.6 Å². The van der Waals surface area contributed by atoms with Crippen molar-refractivity contribution in [2.45, 2.75) is 31.8 Å². The van der Waals surface area contributed by atoms with Gasteiger partial charge in [0.05, 0.1) is 0 Å². The van der Waals surface area contributed by atoms with Gasteiger partial charge in [0, 0.05) is 12.6 Å². The Morgan fingerprint density at radius 2 is 2.12 bits per heavy atom. The predicted octanol–water partition coefficient (Wildman–Crippen LogP) is 3.44. The van der Waals surface area contributed by atoms with Crippen LogP contribution in [0.2, 0.25) is 0 Å². The minimum absolute atomic E-state index is 0.492. The van der Waals surface area contributed by atoms with Crippen LogP contribution in [0.5, 0.6) is 0 Å². The molecule has 84 valence electrons. The Morgan fingerprint density at radius 3 is 2.88 bits per heavy atom. The van der Waals surface area contributed by atoms with Crippen LogP contribution in [0.25, 0.3) is 0 Å². The van der Waals surface area contributed by atoms with Crippen LogP contribution in [0.4, 0.5) is 0 Å². The Labute approximate surface area is 97.9 Å². The number of allylic oxidation sites excluding steroid dienone is 1. The van der Waals surface area contributed by atoms with Crippen molar-refractivity contribution in [3.63, 3.8) is 0 Å². The summed E-state index contributed by atoms with van der Waals surface area (Å²) in [5.74, 6) is 0. The van der Waals surface area contributed by atoms with Gasteiger partial charge in [0.2, 0.25) is 0 Å². The lowest BCUT2D eigenvalue weighted by atomic mass is 9.94. The first-order valence-electron chi connectivity index (χ1n) is 6.00. The lowest BCUT2D eigenvalue weighted by Crippen LogP contribution is -2.31. The van der Waals surface area contributed by atoms with E-state index in [1.165, 1.54) is 30.4 Å². The van der Waals surface area contributed by atoms with Crippen LogP contribution in [0.3, 0.4) is 0 Å². The summed E-state index contributed by atoms with van der Waals surface area (Å²) < 4.78 is 0. The zero-order valence-electron chi connectivity index (χ0n) is 9.65. The quantitative estimate of drug-likeness (QED) is 0.808. The molecule has 0 radical (unpaired) electrons. The molecule has 1 aromatic rings. The van der Waals surface area contributed by atoms with Crippen molar-refractivity contribution in [3.05, 3.63) is 60.2 Å². The SMILES string of the molecule is C=CC1=CCCC[C@@H]1NCc1ccccc1. The summed E-state index contributed by atoms with van der Waals surface area (Å²) in [7, 11) is 0. The van der Waals surface area contributed by atoms with Crippen molar-refractivity contribution in [2.24, 2.45) is 0 Å².